The highest BCUT2D eigenvalue weighted by Gasteiger charge is 2.03. The molecule has 0 unspecified atom stereocenters. The number of halogens is 1. The number of nitrogen functional groups attached to an aromatic ring is 1. The molecular weight excluding hydrogens is 202 g/mol. The lowest BCUT2D eigenvalue weighted by Gasteiger charge is -2.06. The standard InChI is InChI=1S/C9H14ClN3O/c1-2-5-14-6-8-7(10)3-4-9(12-8)13-11/h3-4H,2,5-6,11H2,1H3,(H,12,13). The topological polar surface area (TPSA) is 60.2 Å². The third kappa shape index (κ3) is 3.14. The zero-order valence-corrected chi connectivity index (χ0v) is 8.84. The van der Waals surface area contributed by atoms with Gasteiger partial charge < -0.3 is 10.2 Å². The Balaban J connectivity index is 2.64. The first-order valence-electron chi connectivity index (χ1n) is 4.47. The van der Waals surface area contributed by atoms with Gasteiger partial charge >= 0.3 is 0 Å². The van der Waals surface area contributed by atoms with Crippen LogP contribution in [-0.2, 0) is 11.3 Å². The molecule has 0 aromatic carbocycles. The molecular formula is C9H14ClN3O. The number of hydrazine groups is 1. The van der Waals surface area contributed by atoms with E-state index in [1.165, 1.54) is 0 Å². The molecule has 0 fully saturated rings. The average molecular weight is 216 g/mol. The molecule has 5 heteroatoms. The van der Waals surface area contributed by atoms with Gasteiger partial charge in [0.1, 0.15) is 5.82 Å². The SMILES string of the molecule is CCCOCc1nc(NN)ccc1Cl. The van der Waals surface area contributed by atoms with Gasteiger partial charge in [-0.05, 0) is 18.6 Å². The fourth-order valence-electron chi connectivity index (χ4n) is 0.979. The molecule has 0 spiro atoms. The lowest BCUT2D eigenvalue weighted by atomic mass is 10.3. The zero-order valence-electron chi connectivity index (χ0n) is 8.09. The summed E-state index contributed by atoms with van der Waals surface area (Å²) in [7, 11) is 0. The zero-order chi connectivity index (χ0) is 10.4. The van der Waals surface area contributed by atoms with Crippen LogP contribution in [0.3, 0.4) is 0 Å². The van der Waals surface area contributed by atoms with Gasteiger partial charge in [-0.3, -0.25) is 0 Å². The van der Waals surface area contributed by atoms with Gasteiger partial charge in [-0.1, -0.05) is 18.5 Å². The van der Waals surface area contributed by atoms with Crippen molar-refractivity contribution in [2.75, 3.05) is 12.0 Å². The third-order valence-corrected chi connectivity index (χ3v) is 2.00. The molecule has 0 radical (unpaired) electrons. The highest BCUT2D eigenvalue weighted by Crippen LogP contribution is 2.16. The second-order valence-electron chi connectivity index (χ2n) is 2.82. The van der Waals surface area contributed by atoms with Crippen molar-refractivity contribution in [3.8, 4) is 0 Å². The normalized spacial score (nSPS) is 10.2. The molecule has 1 rings (SSSR count). The van der Waals surface area contributed by atoms with Gasteiger partial charge in [0.25, 0.3) is 0 Å². The largest absolute Gasteiger partial charge is 0.375 e. The van der Waals surface area contributed by atoms with Crippen molar-refractivity contribution < 1.29 is 4.74 Å². The molecule has 0 saturated heterocycles. The van der Waals surface area contributed by atoms with Crippen LogP contribution in [0, 0.1) is 0 Å². The number of aromatic nitrogens is 1. The van der Waals surface area contributed by atoms with Crippen LogP contribution in [0.5, 0.6) is 0 Å². The van der Waals surface area contributed by atoms with Crippen LogP contribution in [0.1, 0.15) is 19.0 Å². The number of rotatable bonds is 5. The van der Waals surface area contributed by atoms with Crippen LogP contribution in [-0.4, -0.2) is 11.6 Å². The summed E-state index contributed by atoms with van der Waals surface area (Å²) in [6.07, 6.45) is 0.979. The number of nitrogens with one attached hydrogen (secondary N) is 1. The summed E-state index contributed by atoms with van der Waals surface area (Å²) in [6.45, 7) is 3.17. The van der Waals surface area contributed by atoms with Gasteiger partial charge in [-0.25, -0.2) is 10.8 Å². The Morgan fingerprint density at radius 2 is 2.36 bits per heavy atom. The van der Waals surface area contributed by atoms with Gasteiger partial charge in [-0.15, -0.1) is 0 Å². The summed E-state index contributed by atoms with van der Waals surface area (Å²) < 4.78 is 5.33. The summed E-state index contributed by atoms with van der Waals surface area (Å²) in [4.78, 5) is 4.17. The predicted molar refractivity (Wildman–Crippen MR) is 57.0 cm³/mol. The predicted octanol–water partition coefficient (Wildman–Crippen LogP) is 1.95. The van der Waals surface area contributed by atoms with E-state index in [-0.39, 0.29) is 0 Å². The van der Waals surface area contributed by atoms with E-state index in [4.69, 9.17) is 22.2 Å². The summed E-state index contributed by atoms with van der Waals surface area (Å²) in [5, 5.41) is 0.597. The molecule has 0 saturated carbocycles. The molecule has 1 heterocycles. The molecule has 78 valence electrons. The fraction of sp³-hybridized carbons (Fsp3) is 0.444. The van der Waals surface area contributed by atoms with E-state index in [1.54, 1.807) is 12.1 Å². The summed E-state index contributed by atoms with van der Waals surface area (Å²) in [5.41, 5.74) is 3.16. The minimum absolute atomic E-state index is 0.419. The maximum atomic E-state index is 5.92. The number of pyridine rings is 1. The molecule has 14 heavy (non-hydrogen) atoms. The molecule has 3 N–H and O–H groups in total. The van der Waals surface area contributed by atoms with Gasteiger partial charge in [0.2, 0.25) is 0 Å². The van der Waals surface area contributed by atoms with E-state index < -0.39 is 0 Å². The first-order valence-corrected chi connectivity index (χ1v) is 4.85. The Hall–Kier alpha value is -0.840. The van der Waals surface area contributed by atoms with Crippen LogP contribution in [0.15, 0.2) is 12.1 Å². The van der Waals surface area contributed by atoms with E-state index in [0.29, 0.717) is 29.7 Å². The second-order valence-corrected chi connectivity index (χ2v) is 3.23. The van der Waals surface area contributed by atoms with Crippen LogP contribution >= 0.6 is 11.6 Å². The number of ether oxygens (including phenoxy) is 1. The lowest BCUT2D eigenvalue weighted by molar-refractivity contribution is 0.119. The fourth-order valence-corrected chi connectivity index (χ4v) is 1.14. The Kier molecular flexibility index (Phi) is 4.65. The van der Waals surface area contributed by atoms with Crippen LogP contribution in [0.2, 0.25) is 5.02 Å². The smallest absolute Gasteiger partial charge is 0.140 e. The Labute approximate surface area is 88.4 Å². The number of hydrogen-bond acceptors (Lipinski definition) is 4. The van der Waals surface area contributed by atoms with E-state index in [1.807, 2.05) is 6.92 Å². The maximum Gasteiger partial charge on any atom is 0.140 e. The quantitative estimate of drug-likeness (QED) is 0.448. The van der Waals surface area contributed by atoms with Gasteiger partial charge in [0, 0.05) is 6.61 Å². The maximum absolute atomic E-state index is 5.92. The minimum Gasteiger partial charge on any atom is -0.375 e. The van der Waals surface area contributed by atoms with Gasteiger partial charge in [0.05, 0.1) is 17.3 Å². The van der Waals surface area contributed by atoms with Crippen molar-refractivity contribution in [2.45, 2.75) is 20.0 Å². The van der Waals surface area contributed by atoms with Gasteiger partial charge in [-0.2, -0.15) is 0 Å². The molecule has 0 bridgehead atoms. The highest BCUT2D eigenvalue weighted by atomic mass is 35.5. The second kappa shape index (κ2) is 5.80. The summed E-state index contributed by atoms with van der Waals surface area (Å²) in [5.74, 6) is 5.81. The molecule has 0 amide bonds. The molecule has 1 aromatic rings. The minimum atomic E-state index is 0.419. The lowest BCUT2D eigenvalue weighted by Crippen LogP contribution is -2.10. The van der Waals surface area contributed by atoms with Crippen LogP contribution in [0.25, 0.3) is 0 Å². The molecule has 0 aliphatic heterocycles. The van der Waals surface area contributed by atoms with E-state index in [9.17, 15) is 0 Å². The molecule has 1 aromatic heterocycles. The van der Waals surface area contributed by atoms with E-state index in [2.05, 4.69) is 10.4 Å². The van der Waals surface area contributed by atoms with E-state index in [0.717, 1.165) is 6.42 Å². The monoisotopic (exact) mass is 215 g/mol. The summed E-state index contributed by atoms with van der Waals surface area (Å²) >= 11 is 5.92. The number of nitrogens with two attached hydrogens (primary N) is 1. The van der Waals surface area contributed by atoms with Crippen LogP contribution < -0.4 is 11.3 Å². The van der Waals surface area contributed by atoms with Crippen molar-refractivity contribution in [2.24, 2.45) is 5.84 Å². The first-order chi connectivity index (χ1) is 6.77. The third-order valence-electron chi connectivity index (χ3n) is 1.65. The van der Waals surface area contributed by atoms with Crippen molar-refractivity contribution in [1.82, 2.24) is 4.98 Å². The van der Waals surface area contributed by atoms with Crippen molar-refractivity contribution in [1.29, 1.82) is 0 Å². The molecule has 0 aliphatic rings. The molecule has 4 nitrogen and oxygen atoms in total. The average Bonchev–Trinajstić information content (AvgIpc) is 2.21. The van der Waals surface area contributed by atoms with Gasteiger partial charge in [0.15, 0.2) is 0 Å². The molecule has 0 aliphatic carbocycles. The van der Waals surface area contributed by atoms with Crippen molar-refractivity contribution >= 4 is 17.4 Å². The molecule has 0 atom stereocenters. The van der Waals surface area contributed by atoms with E-state index >= 15 is 0 Å². The Morgan fingerprint density at radius 1 is 1.57 bits per heavy atom. The Morgan fingerprint density at radius 3 is 3.00 bits per heavy atom. The number of nitrogens with zero attached hydrogens (tertiary/aromatic N) is 1. The highest BCUT2D eigenvalue weighted by molar-refractivity contribution is 6.31. The van der Waals surface area contributed by atoms with Crippen molar-refractivity contribution in [3.63, 3.8) is 0 Å². The number of anilines is 1. The van der Waals surface area contributed by atoms with Crippen LogP contribution in [0.4, 0.5) is 5.82 Å². The number of hydrogen-bond donors (Lipinski definition) is 2. The Bertz CT molecular complexity index is 293. The first kappa shape index (κ1) is 11.2. The van der Waals surface area contributed by atoms with Crippen molar-refractivity contribution in [3.05, 3.63) is 22.8 Å². The summed E-state index contributed by atoms with van der Waals surface area (Å²) in [6, 6.07) is 3.46.